The molecule has 0 bridgehead atoms. The van der Waals surface area contributed by atoms with Crippen molar-refractivity contribution in [3.8, 4) is 0 Å². The largest absolute Gasteiger partial charge is 0.376 e. The van der Waals surface area contributed by atoms with Gasteiger partial charge in [-0.15, -0.1) is 0 Å². The van der Waals surface area contributed by atoms with Crippen LogP contribution in [0.3, 0.4) is 0 Å². The van der Waals surface area contributed by atoms with E-state index in [9.17, 15) is 4.39 Å². The first-order chi connectivity index (χ1) is 9.81. The van der Waals surface area contributed by atoms with Crippen LogP contribution in [-0.2, 0) is 0 Å². The molecule has 1 unspecified atom stereocenters. The van der Waals surface area contributed by atoms with Gasteiger partial charge in [-0.3, -0.25) is 0 Å². The number of nitrogens with one attached hydrogen (secondary N) is 1. The highest BCUT2D eigenvalue weighted by Crippen LogP contribution is 2.39. The first-order valence-corrected chi connectivity index (χ1v) is 7.74. The maximum Gasteiger partial charge on any atom is 0.142 e. The summed E-state index contributed by atoms with van der Waals surface area (Å²) < 4.78 is 13.6. The van der Waals surface area contributed by atoms with E-state index in [2.05, 4.69) is 5.32 Å². The molecule has 0 saturated heterocycles. The van der Waals surface area contributed by atoms with Gasteiger partial charge in [0.05, 0.1) is 26.8 Å². The van der Waals surface area contributed by atoms with Crippen molar-refractivity contribution in [2.45, 2.75) is 13.0 Å². The first kappa shape index (κ1) is 17.0. The topological polar surface area (TPSA) is 12.0 Å². The highest BCUT2D eigenvalue weighted by molar-refractivity contribution is 6.41. The lowest BCUT2D eigenvalue weighted by Crippen LogP contribution is -2.09. The molecular formula is C14H9Cl5FN. The summed E-state index contributed by atoms with van der Waals surface area (Å²) in [5.41, 5.74) is 0.909. The Labute approximate surface area is 146 Å². The lowest BCUT2D eigenvalue weighted by Gasteiger charge is -2.20. The molecule has 2 aromatic rings. The summed E-state index contributed by atoms with van der Waals surface area (Å²) >= 11 is 30.1. The number of hydrogen-bond donors (Lipinski definition) is 1. The van der Waals surface area contributed by atoms with Gasteiger partial charge in [0, 0.05) is 15.6 Å². The summed E-state index contributed by atoms with van der Waals surface area (Å²) in [7, 11) is 0. The molecule has 112 valence electrons. The fourth-order valence-electron chi connectivity index (χ4n) is 1.91. The molecule has 0 aliphatic heterocycles. The summed E-state index contributed by atoms with van der Waals surface area (Å²) in [6.07, 6.45) is 0. The Morgan fingerprint density at radius 2 is 1.52 bits per heavy atom. The maximum atomic E-state index is 13.6. The Bertz CT molecular complexity index is 666. The lowest BCUT2D eigenvalue weighted by atomic mass is 10.1. The molecule has 0 aliphatic rings. The van der Waals surface area contributed by atoms with Crippen molar-refractivity contribution < 1.29 is 4.39 Å². The smallest absolute Gasteiger partial charge is 0.142 e. The SMILES string of the molecule is CC(Nc1c(Cl)cc(Cl)cc1Cl)c1c(Cl)ccc(F)c1Cl. The zero-order chi connectivity index (χ0) is 15.7. The van der Waals surface area contributed by atoms with Crippen LogP contribution >= 0.6 is 58.0 Å². The van der Waals surface area contributed by atoms with Gasteiger partial charge in [0.2, 0.25) is 0 Å². The number of halogens is 6. The van der Waals surface area contributed by atoms with E-state index in [-0.39, 0.29) is 5.02 Å². The van der Waals surface area contributed by atoms with E-state index in [1.165, 1.54) is 12.1 Å². The van der Waals surface area contributed by atoms with Crippen LogP contribution in [0.15, 0.2) is 24.3 Å². The minimum Gasteiger partial charge on any atom is -0.376 e. The van der Waals surface area contributed by atoms with Crippen LogP contribution in [0.4, 0.5) is 10.1 Å². The molecule has 0 fully saturated rings. The normalized spacial score (nSPS) is 12.3. The van der Waals surface area contributed by atoms with Gasteiger partial charge in [-0.05, 0) is 31.2 Å². The summed E-state index contributed by atoms with van der Waals surface area (Å²) in [5.74, 6) is -0.544. The molecule has 7 heteroatoms. The van der Waals surface area contributed by atoms with Gasteiger partial charge < -0.3 is 5.32 Å². The molecule has 1 atom stereocenters. The zero-order valence-electron chi connectivity index (χ0n) is 10.7. The Morgan fingerprint density at radius 3 is 2.10 bits per heavy atom. The van der Waals surface area contributed by atoms with E-state index in [1.807, 2.05) is 0 Å². The molecule has 0 radical (unpaired) electrons. The van der Waals surface area contributed by atoms with Gasteiger partial charge >= 0.3 is 0 Å². The van der Waals surface area contributed by atoms with Crippen molar-refractivity contribution in [1.82, 2.24) is 0 Å². The quantitative estimate of drug-likeness (QED) is 0.546. The number of hydrogen-bond acceptors (Lipinski definition) is 1. The zero-order valence-corrected chi connectivity index (χ0v) is 14.4. The van der Waals surface area contributed by atoms with Gasteiger partial charge in [0.15, 0.2) is 0 Å². The van der Waals surface area contributed by atoms with Gasteiger partial charge in [0.25, 0.3) is 0 Å². The van der Waals surface area contributed by atoms with Crippen LogP contribution in [-0.4, -0.2) is 0 Å². The predicted molar refractivity (Wildman–Crippen MR) is 89.9 cm³/mol. The molecule has 0 aromatic heterocycles. The van der Waals surface area contributed by atoms with Crippen molar-refractivity contribution in [3.05, 3.63) is 60.8 Å². The molecule has 0 aliphatic carbocycles. The van der Waals surface area contributed by atoms with E-state index in [0.717, 1.165) is 0 Å². The lowest BCUT2D eigenvalue weighted by molar-refractivity contribution is 0.624. The van der Waals surface area contributed by atoms with Crippen LogP contribution in [0.1, 0.15) is 18.5 Å². The molecule has 0 heterocycles. The van der Waals surface area contributed by atoms with E-state index in [0.29, 0.717) is 31.3 Å². The van der Waals surface area contributed by atoms with Crippen LogP contribution in [0.2, 0.25) is 25.1 Å². The maximum absolute atomic E-state index is 13.6. The minimum absolute atomic E-state index is 0.0382. The fourth-order valence-corrected chi connectivity index (χ4v) is 3.53. The standard InChI is InChI=1S/C14H9Cl5FN/c1-6(12-8(16)2-3-11(20)13(12)19)21-14-9(17)4-7(15)5-10(14)18/h2-6,21H,1H3. The van der Waals surface area contributed by atoms with Crippen LogP contribution in [0.5, 0.6) is 0 Å². The Hall–Kier alpha value is -0.380. The van der Waals surface area contributed by atoms with Gasteiger partial charge in [-0.2, -0.15) is 0 Å². The van der Waals surface area contributed by atoms with Gasteiger partial charge in [0.1, 0.15) is 5.82 Å². The second-order valence-corrected chi connectivity index (χ2v) is 6.40. The van der Waals surface area contributed by atoms with E-state index < -0.39 is 11.9 Å². The summed E-state index contributed by atoms with van der Waals surface area (Å²) in [6, 6.07) is 5.36. The molecule has 1 N–H and O–H groups in total. The molecule has 2 rings (SSSR count). The van der Waals surface area contributed by atoms with E-state index in [4.69, 9.17) is 58.0 Å². The Balaban J connectivity index is 2.40. The summed E-state index contributed by atoms with van der Waals surface area (Å²) in [6.45, 7) is 1.77. The van der Waals surface area contributed by atoms with Crippen LogP contribution in [0, 0.1) is 5.82 Å². The third kappa shape index (κ3) is 3.69. The van der Waals surface area contributed by atoms with Crippen molar-refractivity contribution in [1.29, 1.82) is 0 Å². The number of benzene rings is 2. The molecule has 0 spiro atoms. The summed E-state index contributed by atoms with van der Waals surface area (Å²) in [5, 5.41) is 4.51. The summed E-state index contributed by atoms with van der Waals surface area (Å²) in [4.78, 5) is 0. The third-order valence-corrected chi connectivity index (χ3v) is 4.41. The van der Waals surface area contributed by atoms with Gasteiger partial charge in [-0.1, -0.05) is 58.0 Å². The van der Waals surface area contributed by atoms with E-state index >= 15 is 0 Å². The molecular weight excluding hydrogens is 378 g/mol. The predicted octanol–water partition coefficient (Wildman–Crippen LogP) is 7.27. The van der Waals surface area contributed by atoms with E-state index in [1.54, 1.807) is 19.1 Å². The highest BCUT2D eigenvalue weighted by atomic mass is 35.5. The van der Waals surface area contributed by atoms with Crippen molar-refractivity contribution >= 4 is 63.7 Å². The average molecular weight is 387 g/mol. The molecule has 0 amide bonds. The Morgan fingerprint density at radius 1 is 0.952 bits per heavy atom. The second-order valence-electron chi connectivity index (χ2n) is 4.37. The number of rotatable bonds is 3. The second kappa shape index (κ2) is 6.80. The van der Waals surface area contributed by atoms with Crippen molar-refractivity contribution in [2.24, 2.45) is 0 Å². The monoisotopic (exact) mass is 385 g/mol. The van der Waals surface area contributed by atoms with Crippen LogP contribution < -0.4 is 5.32 Å². The molecule has 2 aromatic carbocycles. The average Bonchev–Trinajstić information content (AvgIpc) is 2.38. The van der Waals surface area contributed by atoms with Crippen LogP contribution in [0.25, 0.3) is 0 Å². The first-order valence-electron chi connectivity index (χ1n) is 5.85. The molecule has 0 saturated carbocycles. The highest BCUT2D eigenvalue weighted by Gasteiger charge is 2.19. The molecule has 21 heavy (non-hydrogen) atoms. The van der Waals surface area contributed by atoms with Crippen molar-refractivity contribution in [3.63, 3.8) is 0 Å². The Kier molecular flexibility index (Phi) is 5.50. The molecule has 1 nitrogen and oxygen atoms in total. The minimum atomic E-state index is -0.544. The van der Waals surface area contributed by atoms with Gasteiger partial charge in [-0.25, -0.2) is 4.39 Å². The third-order valence-electron chi connectivity index (χ3n) is 2.88. The van der Waals surface area contributed by atoms with Crippen molar-refractivity contribution in [2.75, 3.05) is 5.32 Å². The fraction of sp³-hybridized carbons (Fsp3) is 0.143. The number of anilines is 1.